The number of hydrogen-bond acceptors (Lipinski definition) is 9. The fraction of sp³-hybridized carbons (Fsp3) is 0.269. The molecule has 4 aromatic rings. The molecule has 0 bridgehead atoms. The number of benzene rings is 1. The Hall–Kier alpha value is -3.50. The molecular formula is C26H26N6O2S2. The number of aliphatic imine (C=N–C) groups is 1. The molecule has 36 heavy (non-hydrogen) atoms. The molecule has 0 saturated heterocycles. The third-order valence-corrected chi connectivity index (χ3v) is 7.89. The zero-order chi connectivity index (χ0) is 25.6. The highest BCUT2D eigenvalue weighted by atomic mass is 32.2. The lowest BCUT2D eigenvalue weighted by Gasteiger charge is -2.15. The summed E-state index contributed by atoms with van der Waals surface area (Å²) >= 11 is 1.49. The van der Waals surface area contributed by atoms with E-state index in [9.17, 15) is 8.42 Å². The molecule has 0 atom stereocenters. The minimum absolute atomic E-state index is 0.209. The molecule has 1 aromatic carbocycles. The van der Waals surface area contributed by atoms with Crippen molar-refractivity contribution in [3.63, 3.8) is 0 Å². The number of nitrogens with one attached hydrogen (secondary N) is 1. The maximum Gasteiger partial charge on any atom is 0.177 e. The molecule has 0 aliphatic carbocycles. The van der Waals surface area contributed by atoms with E-state index in [1.54, 1.807) is 12.1 Å². The summed E-state index contributed by atoms with van der Waals surface area (Å²) in [7, 11) is -3.52. The number of nitrogens with zero attached hydrogens (tertiary/aromatic N) is 5. The molecule has 1 aliphatic rings. The van der Waals surface area contributed by atoms with Crippen molar-refractivity contribution in [3.8, 4) is 10.6 Å². The summed E-state index contributed by atoms with van der Waals surface area (Å²) < 4.78 is 25.6. The Balaban J connectivity index is 1.57. The largest absolute Gasteiger partial charge is 0.353 e. The number of anilines is 2. The SMILES string of the molecule is CC1=Nc2c(Nc3ccc(-c4nc(C)cs4)cc3S(C)(=O)=O)cc(Cc3cc(C)nc(C)n3)nc2C1. The Morgan fingerprint density at radius 2 is 1.69 bits per heavy atom. The molecule has 0 radical (unpaired) electrons. The maximum absolute atomic E-state index is 12.8. The van der Waals surface area contributed by atoms with Gasteiger partial charge in [0.15, 0.2) is 9.84 Å². The van der Waals surface area contributed by atoms with E-state index in [1.165, 1.54) is 17.6 Å². The minimum atomic E-state index is -3.52. The Morgan fingerprint density at radius 1 is 0.917 bits per heavy atom. The summed E-state index contributed by atoms with van der Waals surface area (Å²) in [6.45, 7) is 7.71. The molecule has 0 saturated carbocycles. The van der Waals surface area contributed by atoms with Crippen LogP contribution in [0.4, 0.5) is 17.1 Å². The van der Waals surface area contributed by atoms with Gasteiger partial charge in [-0.15, -0.1) is 11.3 Å². The summed E-state index contributed by atoms with van der Waals surface area (Å²) in [6, 6.07) is 9.24. The van der Waals surface area contributed by atoms with Gasteiger partial charge < -0.3 is 5.32 Å². The Morgan fingerprint density at radius 3 is 2.39 bits per heavy atom. The lowest BCUT2D eigenvalue weighted by atomic mass is 10.1. The Labute approximate surface area is 214 Å². The van der Waals surface area contributed by atoms with Crippen molar-refractivity contribution in [3.05, 3.63) is 70.0 Å². The molecule has 8 nitrogen and oxygen atoms in total. The van der Waals surface area contributed by atoms with E-state index in [1.807, 2.05) is 51.3 Å². The molecule has 0 amide bonds. The normalized spacial score (nSPS) is 13.0. The number of thiazole rings is 1. The maximum atomic E-state index is 12.8. The summed E-state index contributed by atoms with van der Waals surface area (Å²) in [5, 5.41) is 6.09. The highest BCUT2D eigenvalue weighted by molar-refractivity contribution is 7.90. The Kier molecular flexibility index (Phi) is 6.17. The third kappa shape index (κ3) is 5.05. The van der Waals surface area contributed by atoms with Crippen molar-refractivity contribution in [1.29, 1.82) is 0 Å². The molecule has 0 fully saturated rings. The van der Waals surface area contributed by atoms with Crippen LogP contribution in [0.1, 0.15) is 41.2 Å². The van der Waals surface area contributed by atoms with Crippen LogP contribution in [0, 0.1) is 20.8 Å². The van der Waals surface area contributed by atoms with Gasteiger partial charge in [-0.05, 0) is 58.0 Å². The molecule has 0 unspecified atom stereocenters. The number of sulfone groups is 1. The molecule has 5 rings (SSSR count). The first-order valence-electron chi connectivity index (χ1n) is 11.5. The fourth-order valence-corrected chi connectivity index (χ4v) is 5.98. The minimum Gasteiger partial charge on any atom is -0.353 e. The number of rotatable bonds is 6. The van der Waals surface area contributed by atoms with Crippen LogP contribution in [-0.2, 0) is 22.7 Å². The van der Waals surface area contributed by atoms with Gasteiger partial charge in [0.1, 0.15) is 16.5 Å². The molecule has 1 aliphatic heterocycles. The van der Waals surface area contributed by atoms with Crippen LogP contribution >= 0.6 is 11.3 Å². The summed E-state index contributed by atoms with van der Waals surface area (Å²) in [4.78, 5) is 23.2. The number of aromatic nitrogens is 4. The van der Waals surface area contributed by atoms with E-state index in [0.29, 0.717) is 18.5 Å². The molecule has 10 heteroatoms. The van der Waals surface area contributed by atoms with Crippen LogP contribution < -0.4 is 5.32 Å². The highest BCUT2D eigenvalue weighted by Crippen LogP contribution is 2.38. The van der Waals surface area contributed by atoms with Crippen molar-refractivity contribution < 1.29 is 8.42 Å². The first-order valence-corrected chi connectivity index (χ1v) is 14.2. The second kappa shape index (κ2) is 9.18. The molecular weight excluding hydrogens is 492 g/mol. The monoisotopic (exact) mass is 518 g/mol. The Bertz CT molecular complexity index is 1620. The van der Waals surface area contributed by atoms with E-state index < -0.39 is 9.84 Å². The quantitative estimate of drug-likeness (QED) is 0.368. The van der Waals surface area contributed by atoms with Gasteiger partial charge >= 0.3 is 0 Å². The first-order chi connectivity index (χ1) is 17.0. The molecule has 1 N–H and O–H groups in total. The van der Waals surface area contributed by atoms with Crippen LogP contribution in [0.2, 0.25) is 0 Å². The van der Waals surface area contributed by atoms with Crippen molar-refractivity contribution in [1.82, 2.24) is 19.9 Å². The first kappa shape index (κ1) is 24.2. The van der Waals surface area contributed by atoms with Crippen LogP contribution in [0.3, 0.4) is 0 Å². The van der Waals surface area contributed by atoms with Crippen LogP contribution in [0.15, 0.2) is 45.6 Å². The standard InChI is InChI=1S/C26H26N6O2S2/c1-14-8-19(30-17(4)27-14)11-20-12-23(25-22(31-20)9-15(2)28-25)32-21-7-6-18(10-24(21)36(5,33)34)26-29-16(3)13-35-26/h6-8,10,12-13H,9,11H2,1-5H3,(H,31,32). The fourth-order valence-electron chi connectivity index (χ4n) is 4.32. The van der Waals surface area contributed by atoms with Gasteiger partial charge in [0.2, 0.25) is 0 Å². The van der Waals surface area contributed by atoms with Crippen molar-refractivity contribution in [2.75, 3.05) is 11.6 Å². The number of aryl methyl sites for hydroxylation is 3. The predicted octanol–water partition coefficient (Wildman–Crippen LogP) is 5.31. The van der Waals surface area contributed by atoms with Crippen LogP contribution in [-0.4, -0.2) is 40.3 Å². The van der Waals surface area contributed by atoms with E-state index >= 15 is 0 Å². The highest BCUT2D eigenvalue weighted by Gasteiger charge is 2.22. The molecule has 4 heterocycles. The summed E-state index contributed by atoms with van der Waals surface area (Å²) in [5.74, 6) is 0.719. The van der Waals surface area contributed by atoms with Crippen molar-refractivity contribution in [2.24, 2.45) is 4.99 Å². The molecule has 0 spiro atoms. The number of pyridine rings is 1. The van der Waals surface area contributed by atoms with E-state index in [-0.39, 0.29) is 4.90 Å². The predicted molar refractivity (Wildman–Crippen MR) is 144 cm³/mol. The van der Waals surface area contributed by atoms with Crippen molar-refractivity contribution >= 4 is 43.9 Å². The summed E-state index contributed by atoms with van der Waals surface area (Å²) in [5.41, 5.74) is 8.07. The summed E-state index contributed by atoms with van der Waals surface area (Å²) in [6.07, 6.45) is 2.41. The zero-order valence-electron chi connectivity index (χ0n) is 20.7. The van der Waals surface area contributed by atoms with Gasteiger partial charge in [-0.3, -0.25) is 9.98 Å². The van der Waals surface area contributed by atoms with Gasteiger partial charge in [-0.1, -0.05) is 0 Å². The van der Waals surface area contributed by atoms with Crippen LogP contribution in [0.25, 0.3) is 10.6 Å². The smallest absolute Gasteiger partial charge is 0.177 e. The lowest BCUT2D eigenvalue weighted by molar-refractivity contribution is 0.602. The average molecular weight is 519 g/mol. The second-order valence-corrected chi connectivity index (χ2v) is 11.9. The van der Waals surface area contributed by atoms with E-state index in [4.69, 9.17) is 9.98 Å². The number of hydrogen-bond donors (Lipinski definition) is 1. The van der Waals surface area contributed by atoms with Gasteiger partial charge in [0, 0.05) is 52.8 Å². The number of fused-ring (bicyclic) bond motifs is 1. The topological polar surface area (TPSA) is 110 Å². The van der Waals surface area contributed by atoms with Gasteiger partial charge in [0.05, 0.1) is 27.7 Å². The van der Waals surface area contributed by atoms with Gasteiger partial charge in [-0.25, -0.2) is 23.4 Å². The van der Waals surface area contributed by atoms with Crippen molar-refractivity contribution in [2.45, 2.75) is 45.4 Å². The molecule has 3 aromatic heterocycles. The molecule has 184 valence electrons. The van der Waals surface area contributed by atoms with Gasteiger partial charge in [0.25, 0.3) is 0 Å². The lowest BCUT2D eigenvalue weighted by Crippen LogP contribution is -2.06. The zero-order valence-corrected chi connectivity index (χ0v) is 22.4. The van der Waals surface area contributed by atoms with Gasteiger partial charge in [-0.2, -0.15) is 0 Å². The van der Waals surface area contributed by atoms with E-state index in [0.717, 1.165) is 62.0 Å². The third-order valence-electron chi connectivity index (χ3n) is 5.74. The average Bonchev–Trinajstić information content (AvgIpc) is 3.37. The van der Waals surface area contributed by atoms with E-state index in [2.05, 4.69) is 20.3 Å². The second-order valence-electron chi connectivity index (χ2n) is 9.11. The van der Waals surface area contributed by atoms with Crippen LogP contribution in [0.5, 0.6) is 0 Å².